The minimum Gasteiger partial charge on any atom is -0.494 e. The van der Waals surface area contributed by atoms with Crippen LogP contribution >= 0.6 is 0 Å². The molecule has 0 radical (unpaired) electrons. The van der Waals surface area contributed by atoms with Gasteiger partial charge in [-0.1, -0.05) is 23.8 Å². The number of hydrogen-bond acceptors (Lipinski definition) is 4. The maximum Gasteiger partial charge on any atom is 0.190 e. The Bertz CT molecular complexity index is 760. The van der Waals surface area contributed by atoms with E-state index in [0.29, 0.717) is 0 Å². The van der Waals surface area contributed by atoms with Crippen molar-refractivity contribution < 1.29 is 14.2 Å². The van der Waals surface area contributed by atoms with Gasteiger partial charge in [-0.25, -0.2) is 0 Å². The van der Waals surface area contributed by atoms with Gasteiger partial charge in [0.25, 0.3) is 0 Å². The van der Waals surface area contributed by atoms with Gasteiger partial charge in [0, 0.05) is 20.1 Å². The van der Waals surface area contributed by atoms with Crippen LogP contribution < -0.4 is 24.8 Å². The fourth-order valence-electron chi connectivity index (χ4n) is 2.84. The lowest BCUT2D eigenvalue weighted by Gasteiger charge is -2.13. The monoisotopic (exact) mass is 399 g/mol. The van der Waals surface area contributed by atoms with Crippen molar-refractivity contribution in [1.82, 2.24) is 10.6 Å². The number of nitrogens with zero attached hydrogens (tertiary/aromatic N) is 1. The Hall–Kier alpha value is -2.89. The second-order valence-corrected chi connectivity index (χ2v) is 6.73. The van der Waals surface area contributed by atoms with Gasteiger partial charge in [0.2, 0.25) is 0 Å². The number of benzene rings is 2. The minimum atomic E-state index is 0.718. The summed E-state index contributed by atoms with van der Waals surface area (Å²) < 4.78 is 16.4. The Morgan fingerprint density at radius 2 is 1.62 bits per heavy atom. The number of guanidine groups is 1. The number of aryl methyl sites for hydroxylation is 1. The fourth-order valence-corrected chi connectivity index (χ4v) is 2.84. The first-order valence-corrected chi connectivity index (χ1v) is 10.0. The molecule has 0 saturated heterocycles. The molecule has 0 aliphatic carbocycles. The summed E-state index contributed by atoms with van der Waals surface area (Å²) in [7, 11) is 5.08. The van der Waals surface area contributed by atoms with E-state index in [9.17, 15) is 0 Å². The molecule has 0 amide bonds. The molecule has 0 saturated carbocycles. The Morgan fingerprint density at radius 1 is 0.897 bits per heavy atom. The molecule has 0 heterocycles. The third kappa shape index (κ3) is 7.94. The van der Waals surface area contributed by atoms with Gasteiger partial charge < -0.3 is 24.8 Å². The molecule has 0 bridgehead atoms. The van der Waals surface area contributed by atoms with Crippen LogP contribution in [0.5, 0.6) is 17.2 Å². The number of methoxy groups -OCH3 is 2. The van der Waals surface area contributed by atoms with Crippen LogP contribution in [0.2, 0.25) is 0 Å². The molecule has 0 aromatic heterocycles. The summed E-state index contributed by atoms with van der Waals surface area (Å²) in [6, 6.07) is 14.1. The molecule has 6 heteroatoms. The summed E-state index contributed by atoms with van der Waals surface area (Å²) in [5.74, 6) is 3.23. The molecule has 0 fully saturated rings. The number of hydrogen-bond donors (Lipinski definition) is 2. The molecule has 2 N–H and O–H groups in total. The Balaban J connectivity index is 1.61. The van der Waals surface area contributed by atoms with E-state index in [-0.39, 0.29) is 0 Å². The predicted molar refractivity (Wildman–Crippen MR) is 119 cm³/mol. The van der Waals surface area contributed by atoms with Crippen molar-refractivity contribution in [2.45, 2.75) is 26.2 Å². The fraction of sp³-hybridized carbons (Fsp3) is 0.435. The van der Waals surface area contributed by atoms with Crippen molar-refractivity contribution in [3.63, 3.8) is 0 Å². The van der Waals surface area contributed by atoms with Crippen molar-refractivity contribution in [3.05, 3.63) is 53.6 Å². The van der Waals surface area contributed by atoms with Crippen molar-refractivity contribution >= 4 is 5.96 Å². The number of aliphatic imine (C=N–C) groups is 1. The van der Waals surface area contributed by atoms with Gasteiger partial charge in [-0.3, -0.25) is 4.99 Å². The SMILES string of the molecule is CN=C(NCCCCOc1ccc(C)cc1)NCCc1ccc(OC)c(OC)c1. The van der Waals surface area contributed by atoms with Crippen LogP contribution in [-0.2, 0) is 6.42 Å². The van der Waals surface area contributed by atoms with Gasteiger partial charge >= 0.3 is 0 Å². The third-order valence-corrected chi connectivity index (χ3v) is 4.53. The van der Waals surface area contributed by atoms with E-state index in [4.69, 9.17) is 14.2 Å². The lowest BCUT2D eigenvalue weighted by atomic mass is 10.1. The maximum absolute atomic E-state index is 5.75. The molecular formula is C23H33N3O3. The predicted octanol–water partition coefficient (Wildman–Crippen LogP) is 3.58. The molecule has 2 aromatic carbocycles. The molecule has 29 heavy (non-hydrogen) atoms. The largest absolute Gasteiger partial charge is 0.494 e. The average molecular weight is 400 g/mol. The Kier molecular flexibility index (Phi) is 9.69. The van der Waals surface area contributed by atoms with Crippen molar-refractivity contribution in [2.75, 3.05) is 41.0 Å². The molecule has 2 rings (SSSR count). The lowest BCUT2D eigenvalue weighted by Crippen LogP contribution is -2.38. The summed E-state index contributed by atoms with van der Waals surface area (Å²) in [5.41, 5.74) is 2.42. The van der Waals surface area contributed by atoms with Gasteiger partial charge in [0.1, 0.15) is 5.75 Å². The normalized spacial score (nSPS) is 11.1. The van der Waals surface area contributed by atoms with Gasteiger partial charge in [-0.15, -0.1) is 0 Å². The standard InChI is InChI=1S/C23H33N3O3/c1-18-7-10-20(11-8-18)29-16-6-5-14-25-23(24-2)26-15-13-19-9-12-21(27-3)22(17-19)28-4/h7-12,17H,5-6,13-16H2,1-4H3,(H2,24,25,26). The van der Waals surface area contributed by atoms with E-state index in [2.05, 4.69) is 34.7 Å². The summed E-state index contributed by atoms with van der Waals surface area (Å²) in [6.45, 7) is 4.43. The molecule has 0 unspecified atom stereocenters. The third-order valence-electron chi connectivity index (χ3n) is 4.53. The molecule has 0 atom stereocenters. The molecule has 158 valence electrons. The van der Waals surface area contributed by atoms with Crippen LogP contribution in [-0.4, -0.2) is 46.9 Å². The number of ether oxygens (including phenoxy) is 3. The highest BCUT2D eigenvalue weighted by Crippen LogP contribution is 2.27. The highest BCUT2D eigenvalue weighted by Gasteiger charge is 2.05. The maximum atomic E-state index is 5.75. The summed E-state index contributed by atoms with van der Waals surface area (Å²) in [6.07, 6.45) is 2.87. The average Bonchev–Trinajstić information content (AvgIpc) is 2.75. The molecule has 2 aromatic rings. The quantitative estimate of drug-likeness (QED) is 0.344. The zero-order valence-electron chi connectivity index (χ0n) is 18.0. The number of unbranched alkanes of at least 4 members (excludes halogenated alkanes) is 1. The molecule has 6 nitrogen and oxygen atoms in total. The zero-order chi connectivity index (χ0) is 20.9. The first-order chi connectivity index (χ1) is 14.2. The van der Waals surface area contributed by atoms with Gasteiger partial charge in [0.15, 0.2) is 17.5 Å². The molecule has 0 aliphatic rings. The molecule has 0 spiro atoms. The van der Waals surface area contributed by atoms with Crippen LogP contribution in [0.4, 0.5) is 0 Å². The van der Waals surface area contributed by atoms with E-state index < -0.39 is 0 Å². The van der Waals surface area contributed by atoms with E-state index >= 15 is 0 Å². The van der Waals surface area contributed by atoms with Crippen LogP contribution in [0.15, 0.2) is 47.5 Å². The van der Waals surface area contributed by atoms with Crippen LogP contribution in [0, 0.1) is 6.92 Å². The highest BCUT2D eigenvalue weighted by atomic mass is 16.5. The van der Waals surface area contributed by atoms with Crippen molar-refractivity contribution in [1.29, 1.82) is 0 Å². The van der Waals surface area contributed by atoms with E-state index in [1.54, 1.807) is 21.3 Å². The Labute approximate surface area is 174 Å². The van der Waals surface area contributed by atoms with Crippen LogP contribution in [0.1, 0.15) is 24.0 Å². The second-order valence-electron chi connectivity index (χ2n) is 6.73. The highest BCUT2D eigenvalue weighted by molar-refractivity contribution is 5.79. The van der Waals surface area contributed by atoms with Gasteiger partial charge in [-0.2, -0.15) is 0 Å². The van der Waals surface area contributed by atoms with E-state index in [0.717, 1.165) is 62.2 Å². The van der Waals surface area contributed by atoms with E-state index in [1.807, 2.05) is 30.3 Å². The van der Waals surface area contributed by atoms with Gasteiger partial charge in [-0.05, 0) is 56.0 Å². The summed E-state index contributed by atoms with van der Waals surface area (Å²) >= 11 is 0. The first-order valence-electron chi connectivity index (χ1n) is 10.0. The second kappa shape index (κ2) is 12.5. The molecular weight excluding hydrogens is 366 g/mol. The first kappa shape index (κ1) is 22.4. The van der Waals surface area contributed by atoms with Crippen LogP contribution in [0.3, 0.4) is 0 Å². The smallest absolute Gasteiger partial charge is 0.190 e. The topological polar surface area (TPSA) is 64.1 Å². The summed E-state index contributed by atoms with van der Waals surface area (Å²) in [4.78, 5) is 4.27. The van der Waals surface area contributed by atoms with E-state index in [1.165, 1.54) is 11.1 Å². The summed E-state index contributed by atoms with van der Waals surface area (Å²) in [5, 5.41) is 6.68. The van der Waals surface area contributed by atoms with Crippen molar-refractivity contribution in [3.8, 4) is 17.2 Å². The number of nitrogens with one attached hydrogen (secondary N) is 2. The van der Waals surface area contributed by atoms with Gasteiger partial charge in [0.05, 0.1) is 20.8 Å². The Morgan fingerprint density at radius 3 is 2.31 bits per heavy atom. The number of rotatable bonds is 11. The van der Waals surface area contributed by atoms with Crippen LogP contribution in [0.25, 0.3) is 0 Å². The zero-order valence-corrected chi connectivity index (χ0v) is 18.0. The minimum absolute atomic E-state index is 0.718. The molecule has 0 aliphatic heterocycles. The lowest BCUT2D eigenvalue weighted by molar-refractivity contribution is 0.307. The van der Waals surface area contributed by atoms with Crippen molar-refractivity contribution in [2.24, 2.45) is 4.99 Å².